The van der Waals surface area contributed by atoms with Crippen molar-refractivity contribution in [3.05, 3.63) is 94.5 Å². The fraction of sp³-hybridized carbons (Fsp3) is 0.0526. The number of hydrogen-bond donors (Lipinski definition) is 0. The summed E-state index contributed by atoms with van der Waals surface area (Å²) < 4.78 is 53.3. The summed E-state index contributed by atoms with van der Waals surface area (Å²) >= 11 is 11.7. The molecule has 0 aliphatic heterocycles. The Hall–Kier alpha value is -1.90. The molecule has 0 unspecified atom stereocenters. The third-order valence-electron chi connectivity index (χ3n) is 3.91. The Morgan fingerprint density at radius 3 is 1.39 bits per heavy atom. The fourth-order valence-electron chi connectivity index (χ4n) is 2.48. The molecule has 9 heteroatoms. The molecule has 28 heavy (non-hydrogen) atoms. The van der Waals surface area contributed by atoms with Gasteiger partial charge < -0.3 is 0 Å². The summed E-state index contributed by atoms with van der Waals surface area (Å²) in [6.45, 7) is -0.350. The van der Waals surface area contributed by atoms with Crippen molar-refractivity contribution in [2.75, 3.05) is 0 Å². The molecule has 146 valence electrons. The first kappa shape index (κ1) is 20.8. The van der Waals surface area contributed by atoms with Gasteiger partial charge in [-0.2, -0.15) is 0 Å². The van der Waals surface area contributed by atoms with E-state index in [-0.39, 0.29) is 16.3 Å². The van der Waals surface area contributed by atoms with Crippen LogP contribution in [0.5, 0.6) is 0 Å². The van der Waals surface area contributed by atoms with Crippen molar-refractivity contribution in [1.82, 2.24) is 3.71 Å². The van der Waals surface area contributed by atoms with Crippen LogP contribution in [-0.4, -0.2) is 20.5 Å². The molecule has 3 aromatic rings. The van der Waals surface area contributed by atoms with Gasteiger partial charge in [-0.05, 0) is 54.1 Å². The Labute approximate surface area is 174 Å². The molecule has 0 fully saturated rings. The molecule has 0 heterocycles. The van der Waals surface area contributed by atoms with E-state index < -0.39 is 20.0 Å². The van der Waals surface area contributed by atoms with Crippen LogP contribution in [-0.2, 0) is 26.6 Å². The van der Waals surface area contributed by atoms with Gasteiger partial charge in [-0.1, -0.05) is 57.2 Å². The zero-order chi connectivity index (χ0) is 20.4. The average molecular weight is 456 g/mol. The molecule has 0 aliphatic carbocycles. The Morgan fingerprint density at radius 2 is 1.00 bits per heavy atom. The van der Waals surface area contributed by atoms with Crippen LogP contribution in [0.2, 0.25) is 10.0 Å². The summed E-state index contributed by atoms with van der Waals surface area (Å²) in [7, 11) is -8.76. The highest BCUT2D eigenvalue weighted by Crippen LogP contribution is 2.28. The van der Waals surface area contributed by atoms with Gasteiger partial charge in [0.25, 0.3) is 20.0 Å². The van der Waals surface area contributed by atoms with E-state index in [1.165, 1.54) is 48.5 Å². The van der Waals surface area contributed by atoms with Crippen molar-refractivity contribution in [1.29, 1.82) is 0 Å². The van der Waals surface area contributed by atoms with E-state index in [1.807, 2.05) is 0 Å². The van der Waals surface area contributed by atoms with Gasteiger partial charge in [-0.25, -0.2) is 16.8 Å². The van der Waals surface area contributed by atoms with Crippen molar-refractivity contribution in [2.24, 2.45) is 0 Å². The highest BCUT2D eigenvalue weighted by Gasteiger charge is 2.36. The molecule has 3 aromatic carbocycles. The maximum atomic E-state index is 13.2. The maximum absolute atomic E-state index is 13.2. The minimum Gasteiger partial charge on any atom is -0.206 e. The van der Waals surface area contributed by atoms with E-state index in [2.05, 4.69) is 0 Å². The van der Waals surface area contributed by atoms with Crippen LogP contribution in [0.15, 0.2) is 88.7 Å². The van der Waals surface area contributed by atoms with Gasteiger partial charge in [0.1, 0.15) is 0 Å². The molecule has 0 spiro atoms. The summed E-state index contributed by atoms with van der Waals surface area (Å²) in [5, 5.41) is 0.684. The number of benzene rings is 3. The minimum absolute atomic E-state index is 0.176. The van der Waals surface area contributed by atoms with Crippen LogP contribution in [0.3, 0.4) is 0 Å². The number of nitrogens with zero attached hydrogens (tertiary/aromatic N) is 1. The van der Waals surface area contributed by atoms with Crippen molar-refractivity contribution < 1.29 is 16.8 Å². The number of sulfonamides is 2. The standard InChI is InChI=1S/C19H15Cl2NO4S2/c20-16-6-10-18(11-7-16)27(23,24)22(14-15-4-2-1-3-5-15)28(25,26)19-12-8-17(21)9-13-19/h1-13H,14H2. The summed E-state index contributed by atoms with van der Waals surface area (Å²) in [5.41, 5.74) is 0.526. The van der Waals surface area contributed by atoms with Gasteiger partial charge in [0, 0.05) is 10.0 Å². The topological polar surface area (TPSA) is 71.5 Å². The Bertz CT molecular complexity index is 1090. The lowest BCUT2D eigenvalue weighted by molar-refractivity contribution is 0.494. The minimum atomic E-state index is -4.38. The van der Waals surface area contributed by atoms with Crippen molar-refractivity contribution in [3.63, 3.8) is 0 Å². The van der Waals surface area contributed by atoms with Crippen LogP contribution in [0.1, 0.15) is 5.56 Å². The van der Waals surface area contributed by atoms with E-state index >= 15 is 0 Å². The van der Waals surface area contributed by atoms with Gasteiger partial charge in [-0.3, -0.25) is 0 Å². The molecular weight excluding hydrogens is 441 g/mol. The second kappa shape index (κ2) is 8.23. The molecule has 0 bridgehead atoms. The molecule has 0 radical (unpaired) electrons. The van der Waals surface area contributed by atoms with Gasteiger partial charge in [0.15, 0.2) is 0 Å². The summed E-state index contributed by atoms with van der Waals surface area (Å²) in [5.74, 6) is 0. The highest BCUT2D eigenvalue weighted by molar-refractivity contribution is 8.04. The van der Waals surface area contributed by atoms with E-state index in [9.17, 15) is 16.8 Å². The van der Waals surface area contributed by atoms with E-state index in [1.54, 1.807) is 30.3 Å². The van der Waals surface area contributed by atoms with Crippen LogP contribution < -0.4 is 0 Å². The van der Waals surface area contributed by atoms with Gasteiger partial charge in [0.05, 0.1) is 16.3 Å². The first-order valence-electron chi connectivity index (χ1n) is 8.04. The van der Waals surface area contributed by atoms with E-state index in [4.69, 9.17) is 23.2 Å². The Balaban J connectivity index is 2.14. The van der Waals surface area contributed by atoms with Gasteiger partial charge in [-0.15, -0.1) is 0 Å². The molecule has 0 amide bonds. The quantitative estimate of drug-likeness (QED) is 0.545. The molecule has 0 saturated carbocycles. The summed E-state index contributed by atoms with van der Waals surface area (Å²) in [6, 6.07) is 19.1. The maximum Gasteiger partial charge on any atom is 0.256 e. The number of rotatable bonds is 6. The number of hydrogen-bond acceptors (Lipinski definition) is 4. The predicted octanol–water partition coefficient (Wildman–Crippen LogP) is 4.57. The largest absolute Gasteiger partial charge is 0.256 e. The zero-order valence-electron chi connectivity index (χ0n) is 14.4. The van der Waals surface area contributed by atoms with E-state index in [0.29, 0.717) is 19.3 Å². The molecule has 3 rings (SSSR count). The van der Waals surface area contributed by atoms with Crippen LogP contribution in [0, 0.1) is 0 Å². The average Bonchev–Trinajstić information content (AvgIpc) is 2.67. The lowest BCUT2D eigenvalue weighted by Crippen LogP contribution is -2.36. The van der Waals surface area contributed by atoms with Crippen LogP contribution in [0.4, 0.5) is 0 Å². The lowest BCUT2D eigenvalue weighted by Gasteiger charge is -2.22. The second-order valence-corrected chi connectivity index (χ2v) is 10.7. The van der Waals surface area contributed by atoms with Crippen LogP contribution in [0.25, 0.3) is 0 Å². The molecule has 5 nitrogen and oxygen atoms in total. The third kappa shape index (κ3) is 4.39. The van der Waals surface area contributed by atoms with Gasteiger partial charge >= 0.3 is 0 Å². The first-order valence-corrected chi connectivity index (χ1v) is 11.7. The molecule has 0 atom stereocenters. The zero-order valence-corrected chi connectivity index (χ0v) is 17.5. The molecule has 0 saturated heterocycles. The third-order valence-corrected chi connectivity index (χ3v) is 8.66. The SMILES string of the molecule is O=S(=O)(c1ccc(Cl)cc1)N(Cc1ccccc1)S(=O)(=O)c1ccc(Cl)cc1. The van der Waals surface area contributed by atoms with Crippen molar-refractivity contribution in [3.8, 4) is 0 Å². The molecule has 0 aromatic heterocycles. The van der Waals surface area contributed by atoms with Gasteiger partial charge in [0.2, 0.25) is 0 Å². The smallest absolute Gasteiger partial charge is 0.206 e. The second-order valence-electron chi connectivity index (χ2n) is 5.83. The molecular formula is C19H15Cl2NO4S2. The van der Waals surface area contributed by atoms with E-state index in [0.717, 1.165) is 0 Å². The fourth-order valence-corrected chi connectivity index (χ4v) is 6.35. The Kier molecular flexibility index (Phi) is 6.12. The highest BCUT2D eigenvalue weighted by atomic mass is 35.5. The Morgan fingerprint density at radius 1 is 0.607 bits per heavy atom. The van der Waals surface area contributed by atoms with Crippen molar-refractivity contribution >= 4 is 43.2 Å². The van der Waals surface area contributed by atoms with Crippen molar-refractivity contribution in [2.45, 2.75) is 16.3 Å². The summed E-state index contributed by atoms with van der Waals surface area (Å²) in [4.78, 5) is -0.351. The molecule has 0 aliphatic rings. The summed E-state index contributed by atoms with van der Waals surface area (Å²) in [6.07, 6.45) is 0. The first-order chi connectivity index (χ1) is 13.2. The molecule has 0 N–H and O–H groups in total. The monoisotopic (exact) mass is 455 g/mol. The number of halogens is 2. The predicted molar refractivity (Wildman–Crippen MR) is 109 cm³/mol. The van der Waals surface area contributed by atoms with Crippen LogP contribution >= 0.6 is 23.2 Å². The normalized spacial score (nSPS) is 12.2. The lowest BCUT2D eigenvalue weighted by atomic mass is 10.2.